The molecule has 0 aliphatic heterocycles. The van der Waals surface area contributed by atoms with Crippen molar-refractivity contribution in [3.63, 3.8) is 0 Å². The number of hydrogen-bond donors (Lipinski definition) is 1. The minimum Gasteiger partial charge on any atom is -0.469 e. The highest BCUT2D eigenvalue weighted by atomic mass is 16.5. The summed E-state index contributed by atoms with van der Waals surface area (Å²) in [5.41, 5.74) is 0.959. The summed E-state index contributed by atoms with van der Waals surface area (Å²) in [5.74, 6) is 0.828. The SMILES string of the molecule is CCCNc1ccc(CC(=O)OC)n1C. The largest absolute Gasteiger partial charge is 0.469 e. The van der Waals surface area contributed by atoms with Crippen LogP contribution in [0.3, 0.4) is 0 Å². The van der Waals surface area contributed by atoms with E-state index in [-0.39, 0.29) is 5.97 Å². The number of methoxy groups -OCH3 is 1. The van der Waals surface area contributed by atoms with Crippen LogP contribution in [0.2, 0.25) is 0 Å². The first kappa shape index (κ1) is 11.6. The summed E-state index contributed by atoms with van der Waals surface area (Å²) < 4.78 is 6.61. The van der Waals surface area contributed by atoms with Gasteiger partial charge in [-0.1, -0.05) is 6.92 Å². The fraction of sp³-hybridized carbons (Fsp3) is 0.545. The maximum absolute atomic E-state index is 11.1. The summed E-state index contributed by atoms with van der Waals surface area (Å²) in [5, 5.41) is 3.29. The van der Waals surface area contributed by atoms with E-state index in [1.807, 2.05) is 23.7 Å². The highest BCUT2D eigenvalue weighted by molar-refractivity contribution is 5.72. The van der Waals surface area contributed by atoms with E-state index < -0.39 is 0 Å². The van der Waals surface area contributed by atoms with Gasteiger partial charge < -0.3 is 14.6 Å². The molecule has 1 N–H and O–H groups in total. The smallest absolute Gasteiger partial charge is 0.311 e. The Labute approximate surface area is 90.2 Å². The first-order chi connectivity index (χ1) is 7.19. The van der Waals surface area contributed by atoms with Crippen molar-refractivity contribution in [2.24, 2.45) is 7.05 Å². The van der Waals surface area contributed by atoms with Crippen LogP contribution in [0.5, 0.6) is 0 Å². The second-order valence-corrected chi connectivity index (χ2v) is 3.45. The maximum Gasteiger partial charge on any atom is 0.311 e. The van der Waals surface area contributed by atoms with Crippen LogP contribution >= 0.6 is 0 Å². The van der Waals surface area contributed by atoms with E-state index in [9.17, 15) is 4.79 Å². The zero-order chi connectivity index (χ0) is 11.3. The molecule has 0 saturated carbocycles. The Morgan fingerprint density at radius 1 is 1.53 bits per heavy atom. The van der Waals surface area contributed by atoms with Gasteiger partial charge in [0.2, 0.25) is 0 Å². The standard InChI is InChI=1S/C11H18N2O2/c1-4-7-12-10-6-5-9(13(10)2)8-11(14)15-3/h5-6,12H,4,7-8H2,1-3H3. The molecule has 0 radical (unpaired) electrons. The van der Waals surface area contributed by atoms with Crippen LogP contribution in [-0.2, 0) is 23.0 Å². The molecule has 0 aliphatic carbocycles. The number of carbonyl (C=O) groups excluding carboxylic acids is 1. The zero-order valence-corrected chi connectivity index (χ0v) is 9.54. The Kier molecular flexibility index (Phi) is 4.21. The molecule has 4 nitrogen and oxygen atoms in total. The number of aromatic nitrogens is 1. The lowest BCUT2D eigenvalue weighted by atomic mass is 10.3. The Hall–Kier alpha value is -1.45. The van der Waals surface area contributed by atoms with Crippen molar-refractivity contribution in [2.45, 2.75) is 19.8 Å². The molecular formula is C11H18N2O2. The number of nitrogens with zero attached hydrogens (tertiary/aromatic N) is 1. The quantitative estimate of drug-likeness (QED) is 0.750. The molecule has 0 spiro atoms. The van der Waals surface area contributed by atoms with Crippen molar-refractivity contribution in [3.8, 4) is 0 Å². The van der Waals surface area contributed by atoms with Crippen molar-refractivity contribution in [1.29, 1.82) is 0 Å². The van der Waals surface area contributed by atoms with E-state index in [2.05, 4.69) is 17.0 Å². The van der Waals surface area contributed by atoms with Crippen molar-refractivity contribution in [3.05, 3.63) is 17.8 Å². The second kappa shape index (κ2) is 5.44. The molecule has 1 heterocycles. The molecule has 0 atom stereocenters. The summed E-state index contributed by atoms with van der Waals surface area (Å²) in [6.07, 6.45) is 1.40. The Morgan fingerprint density at radius 2 is 2.27 bits per heavy atom. The molecule has 0 unspecified atom stereocenters. The summed E-state index contributed by atoms with van der Waals surface area (Å²) in [6, 6.07) is 3.92. The van der Waals surface area contributed by atoms with Gasteiger partial charge in [0.25, 0.3) is 0 Å². The maximum atomic E-state index is 11.1. The molecule has 0 aromatic carbocycles. The second-order valence-electron chi connectivity index (χ2n) is 3.45. The zero-order valence-electron chi connectivity index (χ0n) is 9.54. The van der Waals surface area contributed by atoms with Crippen molar-refractivity contribution in [2.75, 3.05) is 19.0 Å². The lowest BCUT2D eigenvalue weighted by molar-refractivity contribution is -0.139. The van der Waals surface area contributed by atoms with Crippen LogP contribution in [-0.4, -0.2) is 24.2 Å². The van der Waals surface area contributed by atoms with Crippen molar-refractivity contribution in [1.82, 2.24) is 4.57 Å². The topological polar surface area (TPSA) is 43.3 Å². The van der Waals surface area contributed by atoms with E-state index in [1.54, 1.807) is 0 Å². The summed E-state index contributed by atoms with van der Waals surface area (Å²) in [6.45, 7) is 3.06. The molecule has 1 aromatic heterocycles. The highest BCUT2D eigenvalue weighted by Gasteiger charge is 2.08. The van der Waals surface area contributed by atoms with E-state index in [4.69, 9.17) is 0 Å². The normalized spacial score (nSPS) is 10.1. The average Bonchev–Trinajstić information content (AvgIpc) is 2.57. The van der Waals surface area contributed by atoms with Crippen LogP contribution in [0.15, 0.2) is 12.1 Å². The Morgan fingerprint density at radius 3 is 2.87 bits per heavy atom. The van der Waals surface area contributed by atoms with Gasteiger partial charge in [-0.3, -0.25) is 4.79 Å². The number of ether oxygens (including phenoxy) is 1. The molecule has 4 heteroatoms. The molecule has 1 rings (SSSR count). The molecular weight excluding hydrogens is 192 g/mol. The minimum atomic E-state index is -0.210. The van der Waals surface area contributed by atoms with Crippen LogP contribution in [0.1, 0.15) is 19.0 Å². The van der Waals surface area contributed by atoms with Gasteiger partial charge in [-0.05, 0) is 18.6 Å². The van der Waals surface area contributed by atoms with Crippen LogP contribution in [0, 0.1) is 0 Å². The summed E-state index contributed by atoms with van der Waals surface area (Å²) in [4.78, 5) is 11.1. The average molecular weight is 210 g/mol. The number of nitrogens with one attached hydrogen (secondary N) is 1. The number of esters is 1. The summed E-state index contributed by atoms with van der Waals surface area (Å²) >= 11 is 0. The monoisotopic (exact) mass is 210 g/mol. The van der Waals surface area contributed by atoms with Gasteiger partial charge in [-0.15, -0.1) is 0 Å². The number of rotatable bonds is 5. The molecule has 0 saturated heterocycles. The molecule has 0 bridgehead atoms. The first-order valence-electron chi connectivity index (χ1n) is 5.14. The van der Waals surface area contributed by atoms with Gasteiger partial charge in [0.1, 0.15) is 5.82 Å². The lowest BCUT2D eigenvalue weighted by Crippen LogP contribution is -2.10. The molecule has 84 valence electrons. The lowest BCUT2D eigenvalue weighted by Gasteiger charge is -2.08. The molecule has 15 heavy (non-hydrogen) atoms. The number of anilines is 1. The van der Waals surface area contributed by atoms with Crippen molar-refractivity contribution >= 4 is 11.8 Å². The fourth-order valence-electron chi connectivity index (χ4n) is 1.38. The van der Waals surface area contributed by atoms with E-state index >= 15 is 0 Å². The predicted molar refractivity (Wildman–Crippen MR) is 59.9 cm³/mol. The van der Waals surface area contributed by atoms with Gasteiger partial charge >= 0.3 is 5.97 Å². The summed E-state index contributed by atoms with van der Waals surface area (Å²) in [7, 11) is 3.35. The van der Waals surface area contributed by atoms with E-state index in [1.165, 1.54) is 7.11 Å². The molecule has 0 aliphatic rings. The van der Waals surface area contributed by atoms with Crippen molar-refractivity contribution < 1.29 is 9.53 Å². The number of carbonyl (C=O) groups is 1. The highest BCUT2D eigenvalue weighted by Crippen LogP contribution is 2.13. The molecule has 1 aromatic rings. The van der Waals surface area contributed by atoms with Gasteiger partial charge in [0.05, 0.1) is 13.5 Å². The van der Waals surface area contributed by atoms with E-state index in [0.717, 1.165) is 24.5 Å². The Bertz CT molecular complexity index is 331. The first-order valence-corrected chi connectivity index (χ1v) is 5.14. The molecule has 0 fully saturated rings. The van der Waals surface area contributed by atoms with Gasteiger partial charge in [-0.25, -0.2) is 0 Å². The molecule has 0 amide bonds. The van der Waals surface area contributed by atoms with Crippen LogP contribution < -0.4 is 5.32 Å². The third-order valence-corrected chi connectivity index (χ3v) is 2.34. The fourth-order valence-corrected chi connectivity index (χ4v) is 1.38. The minimum absolute atomic E-state index is 0.210. The Balaban J connectivity index is 2.66. The third-order valence-electron chi connectivity index (χ3n) is 2.34. The van der Waals surface area contributed by atoms with E-state index in [0.29, 0.717) is 6.42 Å². The predicted octanol–water partition coefficient (Wildman–Crippen LogP) is 1.56. The van der Waals surface area contributed by atoms with Gasteiger partial charge in [0.15, 0.2) is 0 Å². The number of hydrogen-bond acceptors (Lipinski definition) is 3. The van der Waals surface area contributed by atoms with Gasteiger partial charge in [0, 0.05) is 19.3 Å². The van der Waals surface area contributed by atoms with Crippen LogP contribution in [0.4, 0.5) is 5.82 Å². The third kappa shape index (κ3) is 3.01. The van der Waals surface area contributed by atoms with Gasteiger partial charge in [-0.2, -0.15) is 0 Å². The van der Waals surface area contributed by atoms with Crippen LogP contribution in [0.25, 0.3) is 0 Å².